The van der Waals surface area contributed by atoms with E-state index >= 15 is 0 Å². The van der Waals surface area contributed by atoms with E-state index in [9.17, 15) is 9.59 Å². The number of amides is 2. The predicted octanol–water partition coefficient (Wildman–Crippen LogP) is 3.38. The van der Waals surface area contributed by atoms with Gasteiger partial charge in [-0.2, -0.15) is 5.10 Å². The summed E-state index contributed by atoms with van der Waals surface area (Å²) in [5.41, 5.74) is 2.66. The predicted molar refractivity (Wildman–Crippen MR) is 130 cm³/mol. The Hall–Kier alpha value is -3.42. The summed E-state index contributed by atoms with van der Waals surface area (Å²) >= 11 is 6.09. The van der Waals surface area contributed by atoms with Gasteiger partial charge in [0.2, 0.25) is 11.8 Å². The molecular weight excluding hydrogens is 438 g/mol. The first-order valence-corrected chi connectivity index (χ1v) is 11.2. The average Bonchev–Trinajstić information content (AvgIpc) is 3.27. The Morgan fingerprint density at radius 1 is 1.00 bits per heavy atom. The summed E-state index contributed by atoms with van der Waals surface area (Å²) in [5, 5.41) is 7.71. The lowest BCUT2D eigenvalue weighted by molar-refractivity contribution is -0.127. The van der Waals surface area contributed by atoms with Crippen LogP contribution in [0.5, 0.6) is 0 Å². The van der Waals surface area contributed by atoms with Gasteiger partial charge in [0, 0.05) is 44.0 Å². The second kappa shape index (κ2) is 10.9. The van der Waals surface area contributed by atoms with Gasteiger partial charge >= 0.3 is 0 Å². The van der Waals surface area contributed by atoms with Crippen molar-refractivity contribution in [2.24, 2.45) is 0 Å². The van der Waals surface area contributed by atoms with Crippen molar-refractivity contribution in [2.75, 3.05) is 38.0 Å². The number of nitrogens with one attached hydrogen (secondary N) is 1. The van der Waals surface area contributed by atoms with Gasteiger partial charge in [0.05, 0.1) is 30.0 Å². The molecule has 170 valence electrons. The molecule has 2 heterocycles. The van der Waals surface area contributed by atoms with Crippen molar-refractivity contribution < 1.29 is 9.59 Å². The third-order valence-electron chi connectivity index (χ3n) is 5.46. The highest BCUT2D eigenvalue weighted by molar-refractivity contribution is 6.33. The van der Waals surface area contributed by atoms with E-state index in [0.717, 1.165) is 5.56 Å². The zero-order chi connectivity index (χ0) is 23.0. The second-order valence-electron chi connectivity index (χ2n) is 7.92. The number of nitrogens with zero attached hydrogens (tertiary/aromatic N) is 4. The number of aromatic nitrogens is 2. The van der Waals surface area contributed by atoms with Gasteiger partial charge in [0.15, 0.2) is 0 Å². The lowest BCUT2D eigenvalue weighted by Crippen LogP contribution is -2.50. The lowest BCUT2D eigenvalue weighted by Gasteiger charge is -2.33. The zero-order valence-corrected chi connectivity index (χ0v) is 19.0. The molecular formula is C25H26ClN5O2. The Balaban J connectivity index is 1.22. The molecule has 0 radical (unpaired) electrons. The number of piperazine rings is 1. The quantitative estimate of drug-likeness (QED) is 0.545. The molecule has 2 aromatic carbocycles. The van der Waals surface area contributed by atoms with E-state index < -0.39 is 0 Å². The molecule has 3 aromatic rings. The summed E-state index contributed by atoms with van der Waals surface area (Å²) in [6.07, 6.45) is 7.05. The highest BCUT2D eigenvalue weighted by Gasteiger charge is 2.21. The van der Waals surface area contributed by atoms with E-state index in [2.05, 4.69) is 22.5 Å². The average molecular weight is 464 g/mol. The summed E-state index contributed by atoms with van der Waals surface area (Å²) in [7, 11) is 0. The Bertz CT molecular complexity index is 1120. The van der Waals surface area contributed by atoms with Crippen LogP contribution in [0.4, 0.5) is 5.69 Å². The van der Waals surface area contributed by atoms with Crippen LogP contribution in [0.1, 0.15) is 11.1 Å². The van der Waals surface area contributed by atoms with Crippen LogP contribution >= 0.6 is 11.6 Å². The van der Waals surface area contributed by atoms with E-state index in [4.69, 9.17) is 11.6 Å². The Labute approximate surface area is 198 Å². The topological polar surface area (TPSA) is 70.5 Å². The van der Waals surface area contributed by atoms with Crippen LogP contribution in [0.15, 0.2) is 73.1 Å². The van der Waals surface area contributed by atoms with Crippen molar-refractivity contribution in [1.82, 2.24) is 19.6 Å². The van der Waals surface area contributed by atoms with Gasteiger partial charge in [0.25, 0.3) is 0 Å². The van der Waals surface area contributed by atoms with Gasteiger partial charge in [-0.3, -0.25) is 19.2 Å². The van der Waals surface area contributed by atoms with Crippen molar-refractivity contribution >= 4 is 35.2 Å². The summed E-state index contributed by atoms with van der Waals surface area (Å²) in [6, 6.07) is 17.3. The molecule has 4 rings (SSSR count). The van der Waals surface area contributed by atoms with Gasteiger partial charge in [-0.15, -0.1) is 0 Å². The molecule has 2 amide bonds. The fraction of sp³-hybridized carbons (Fsp3) is 0.240. The SMILES string of the molecule is O=C(CN1CCN(C(=O)/C=C/c2cnn(Cc3ccccc3)c2)CC1)Nc1ccccc1Cl. The van der Waals surface area contributed by atoms with Crippen LogP contribution in [-0.2, 0) is 16.1 Å². The standard InChI is InChI=1S/C25H26ClN5O2/c26-22-8-4-5-9-23(22)28-24(32)19-29-12-14-30(15-13-29)25(33)11-10-21-16-27-31(18-21)17-20-6-2-1-3-7-20/h1-11,16,18H,12-15,17,19H2,(H,28,32)/b11-10+. The van der Waals surface area contributed by atoms with Crippen LogP contribution in [0.3, 0.4) is 0 Å². The molecule has 1 aliphatic rings. The molecule has 0 unspecified atom stereocenters. The maximum absolute atomic E-state index is 12.6. The normalized spacial score (nSPS) is 14.5. The van der Waals surface area contributed by atoms with Gasteiger partial charge in [-0.1, -0.05) is 54.1 Å². The van der Waals surface area contributed by atoms with Crippen molar-refractivity contribution in [2.45, 2.75) is 6.54 Å². The van der Waals surface area contributed by atoms with E-state index in [0.29, 0.717) is 43.4 Å². The van der Waals surface area contributed by atoms with Crippen molar-refractivity contribution in [3.63, 3.8) is 0 Å². The third-order valence-corrected chi connectivity index (χ3v) is 5.79. The molecule has 0 spiro atoms. The van der Waals surface area contributed by atoms with Crippen LogP contribution in [-0.4, -0.2) is 64.1 Å². The largest absolute Gasteiger partial charge is 0.337 e. The first-order valence-electron chi connectivity index (χ1n) is 10.9. The molecule has 1 aliphatic heterocycles. The highest BCUT2D eigenvalue weighted by Crippen LogP contribution is 2.20. The lowest BCUT2D eigenvalue weighted by atomic mass is 10.2. The Kier molecular flexibility index (Phi) is 7.55. The summed E-state index contributed by atoms with van der Waals surface area (Å²) in [6.45, 7) is 3.40. The first kappa shape index (κ1) is 22.8. The minimum Gasteiger partial charge on any atom is -0.337 e. The van der Waals surface area contributed by atoms with E-state index in [1.807, 2.05) is 46.1 Å². The second-order valence-corrected chi connectivity index (χ2v) is 8.33. The molecule has 1 saturated heterocycles. The van der Waals surface area contributed by atoms with E-state index in [1.165, 1.54) is 5.56 Å². The minimum absolute atomic E-state index is 0.0361. The van der Waals surface area contributed by atoms with Crippen molar-refractivity contribution in [1.29, 1.82) is 0 Å². The number of hydrogen-bond donors (Lipinski definition) is 1. The molecule has 0 bridgehead atoms. The van der Waals surface area contributed by atoms with Crippen LogP contribution in [0.2, 0.25) is 5.02 Å². The molecule has 0 aliphatic carbocycles. The molecule has 8 heteroatoms. The van der Waals surface area contributed by atoms with Crippen molar-refractivity contribution in [3.8, 4) is 0 Å². The maximum atomic E-state index is 12.6. The minimum atomic E-state index is -0.115. The van der Waals surface area contributed by atoms with Gasteiger partial charge in [0.1, 0.15) is 0 Å². The summed E-state index contributed by atoms with van der Waals surface area (Å²) in [5.74, 6) is -0.152. The number of carbonyl (C=O) groups is 2. The van der Waals surface area contributed by atoms with E-state index in [1.54, 1.807) is 35.4 Å². The number of para-hydroxylation sites is 1. The maximum Gasteiger partial charge on any atom is 0.246 e. The Morgan fingerprint density at radius 2 is 1.73 bits per heavy atom. The number of hydrogen-bond acceptors (Lipinski definition) is 4. The van der Waals surface area contributed by atoms with Crippen LogP contribution in [0, 0.1) is 0 Å². The number of carbonyl (C=O) groups excluding carboxylic acids is 2. The van der Waals surface area contributed by atoms with Crippen LogP contribution < -0.4 is 5.32 Å². The third kappa shape index (κ3) is 6.54. The van der Waals surface area contributed by atoms with Crippen LogP contribution in [0.25, 0.3) is 6.08 Å². The molecule has 0 atom stereocenters. The molecule has 1 N–H and O–H groups in total. The summed E-state index contributed by atoms with van der Waals surface area (Å²) < 4.78 is 1.85. The molecule has 7 nitrogen and oxygen atoms in total. The van der Waals surface area contributed by atoms with Gasteiger partial charge < -0.3 is 10.2 Å². The number of benzene rings is 2. The number of halogens is 1. The highest BCUT2D eigenvalue weighted by atomic mass is 35.5. The molecule has 1 fully saturated rings. The van der Waals surface area contributed by atoms with Gasteiger partial charge in [-0.05, 0) is 23.8 Å². The Morgan fingerprint density at radius 3 is 2.48 bits per heavy atom. The summed E-state index contributed by atoms with van der Waals surface area (Å²) in [4.78, 5) is 28.7. The molecule has 1 aromatic heterocycles. The van der Waals surface area contributed by atoms with E-state index in [-0.39, 0.29) is 18.4 Å². The zero-order valence-electron chi connectivity index (χ0n) is 18.2. The van der Waals surface area contributed by atoms with Gasteiger partial charge in [-0.25, -0.2) is 0 Å². The molecule has 0 saturated carbocycles. The monoisotopic (exact) mass is 463 g/mol. The molecule has 33 heavy (non-hydrogen) atoms. The fourth-order valence-electron chi connectivity index (χ4n) is 3.68. The van der Waals surface area contributed by atoms with Crippen molar-refractivity contribution in [3.05, 3.63) is 89.2 Å². The number of rotatable bonds is 7. The smallest absolute Gasteiger partial charge is 0.246 e. The fourth-order valence-corrected chi connectivity index (χ4v) is 3.86. The first-order chi connectivity index (χ1) is 16.1. The number of anilines is 1.